The van der Waals surface area contributed by atoms with Crippen LogP contribution in [0.25, 0.3) is 11.3 Å². The molecular formula is C22H15N3O2Y. The summed E-state index contributed by atoms with van der Waals surface area (Å²) in [6.07, 6.45) is 7.01. The first-order valence-corrected chi connectivity index (χ1v) is 8.56. The molecule has 28 heavy (non-hydrogen) atoms. The van der Waals surface area contributed by atoms with E-state index < -0.39 is 10.6 Å². The van der Waals surface area contributed by atoms with E-state index in [9.17, 15) is 10.1 Å². The molecule has 0 bridgehead atoms. The number of rotatable bonds is 2. The normalized spacial score (nSPS) is 19.2. The Hall–Kier alpha value is -2.50. The van der Waals surface area contributed by atoms with Crippen molar-refractivity contribution in [2.75, 3.05) is 0 Å². The SMILES string of the molecule is [3H][C-]=C(C1=[C-]c2cccc[n+]2C12c1ccc(C)cc1-c1cccc[n+]12)[N+](=O)[O-].[Y]. The van der Waals surface area contributed by atoms with Crippen molar-refractivity contribution in [3.63, 3.8) is 0 Å². The van der Waals surface area contributed by atoms with E-state index in [1.807, 2.05) is 83.5 Å². The van der Waals surface area contributed by atoms with E-state index in [0.29, 0.717) is 11.3 Å². The number of nitrogens with zero attached hydrogens (tertiary/aromatic N) is 3. The standard InChI is InChI=1S/C22H15N3O2.Y/c1-15-9-10-19-18(13-15)21-8-4-6-12-24(21)22(19)20(16(2)25(26)27)14-17-7-3-5-11-23(17)22;/h2-13H,1H3;/i2T;. The number of fused-ring (bicyclic) bond motifs is 7. The zero-order chi connectivity index (χ0) is 19.5. The van der Waals surface area contributed by atoms with Crippen molar-refractivity contribution in [1.29, 1.82) is 0 Å². The molecule has 1 atom stereocenters. The van der Waals surface area contributed by atoms with Crippen molar-refractivity contribution in [2.45, 2.75) is 12.6 Å². The number of hydrogen-bond acceptors (Lipinski definition) is 2. The molecule has 3 aromatic rings. The maximum atomic E-state index is 11.8. The Morgan fingerprint density at radius 2 is 1.93 bits per heavy atom. The number of allylic oxidation sites excluding steroid dienone is 1. The van der Waals surface area contributed by atoms with Gasteiger partial charge in [0.1, 0.15) is 0 Å². The smallest absolute Gasteiger partial charge is 0.280 e. The minimum atomic E-state index is -1.02. The molecule has 2 aliphatic heterocycles. The van der Waals surface area contributed by atoms with E-state index in [1.165, 1.54) is 0 Å². The van der Waals surface area contributed by atoms with Gasteiger partial charge in [0, 0.05) is 50.5 Å². The van der Waals surface area contributed by atoms with E-state index in [0.717, 1.165) is 22.4 Å². The van der Waals surface area contributed by atoms with Gasteiger partial charge >= 0.3 is 5.66 Å². The van der Waals surface area contributed by atoms with Gasteiger partial charge in [0.05, 0.1) is 16.8 Å². The number of aryl methyl sites for hydroxylation is 1. The molecule has 1 spiro atoms. The molecule has 6 heteroatoms. The Balaban J connectivity index is 0.00000205. The van der Waals surface area contributed by atoms with E-state index in [2.05, 4.69) is 12.1 Å². The van der Waals surface area contributed by atoms with Crippen molar-refractivity contribution >= 4 is 0 Å². The Bertz CT molecular complexity index is 1240. The zero-order valence-electron chi connectivity index (χ0n) is 16.1. The third-order valence-corrected chi connectivity index (χ3v) is 5.26. The molecule has 4 heterocycles. The first kappa shape index (κ1) is 17.6. The van der Waals surface area contributed by atoms with Crippen LogP contribution in [0.15, 0.2) is 78.3 Å². The molecule has 0 amide bonds. The van der Waals surface area contributed by atoms with Crippen LogP contribution in [0.3, 0.4) is 0 Å². The van der Waals surface area contributed by atoms with Crippen LogP contribution in [0.5, 0.6) is 0 Å². The average Bonchev–Trinajstić information content (AvgIpc) is 3.18. The molecule has 2 aliphatic rings. The topological polar surface area (TPSA) is 50.9 Å². The molecule has 0 saturated carbocycles. The van der Waals surface area contributed by atoms with Gasteiger partial charge in [0.2, 0.25) is 5.69 Å². The number of pyridine rings is 2. The Labute approximate surface area is 189 Å². The molecule has 5 nitrogen and oxygen atoms in total. The fourth-order valence-corrected chi connectivity index (χ4v) is 4.23. The maximum Gasteiger partial charge on any atom is 0.339 e. The first-order chi connectivity index (χ1) is 13.6. The third kappa shape index (κ3) is 2.26. The molecule has 0 N–H and O–H groups in total. The van der Waals surface area contributed by atoms with Gasteiger partial charge in [-0.25, -0.2) is 0 Å². The Morgan fingerprint density at radius 3 is 2.68 bits per heavy atom. The summed E-state index contributed by atoms with van der Waals surface area (Å²) in [7, 11) is 0. The van der Waals surface area contributed by atoms with Gasteiger partial charge in [-0.3, -0.25) is 16.7 Å². The van der Waals surface area contributed by atoms with Crippen LogP contribution >= 0.6 is 0 Å². The predicted molar refractivity (Wildman–Crippen MR) is 96.6 cm³/mol. The molecule has 5 rings (SSSR count). The molecule has 2 aromatic heterocycles. The fourth-order valence-electron chi connectivity index (χ4n) is 4.23. The molecular weight excluding hydrogens is 427 g/mol. The summed E-state index contributed by atoms with van der Waals surface area (Å²) in [5, 5.41) is 11.8. The van der Waals surface area contributed by atoms with Crippen LogP contribution in [0.1, 0.15) is 18.2 Å². The maximum absolute atomic E-state index is 11.8. The minimum absolute atomic E-state index is 0. The van der Waals surface area contributed by atoms with Crippen molar-refractivity contribution in [3.8, 4) is 11.3 Å². The Morgan fingerprint density at radius 1 is 1.18 bits per heavy atom. The van der Waals surface area contributed by atoms with Crippen LogP contribution in [0.2, 0.25) is 0 Å². The summed E-state index contributed by atoms with van der Waals surface area (Å²) in [4.78, 5) is 11.2. The van der Waals surface area contributed by atoms with Crippen LogP contribution in [-0.2, 0) is 38.4 Å². The first-order valence-electron chi connectivity index (χ1n) is 9.06. The van der Waals surface area contributed by atoms with Gasteiger partial charge in [-0.1, -0.05) is 24.6 Å². The summed E-state index contributed by atoms with van der Waals surface area (Å²) >= 11 is 0. The second-order valence-electron chi connectivity index (χ2n) is 6.74. The minimum Gasteiger partial charge on any atom is -0.280 e. The van der Waals surface area contributed by atoms with Gasteiger partial charge < -0.3 is 0 Å². The number of nitro groups is 1. The zero-order valence-corrected chi connectivity index (χ0v) is 17.9. The quantitative estimate of drug-likeness (QED) is 0.264. The summed E-state index contributed by atoms with van der Waals surface area (Å²) in [5.74, 6) is 0. The van der Waals surface area contributed by atoms with Crippen molar-refractivity contribution in [3.05, 3.63) is 118 Å². The van der Waals surface area contributed by atoms with Gasteiger partial charge in [-0.15, -0.1) is 10.6 Å². The molecule has 0 aliphatic carbocycles. The number of aromatic nitrogens is 2. The molecule has 0 fully saturated rings. The summed E-state index contributed by atoms with van der Waals surface area (Å²) in [6, 6.07) is 17.6. The van der Waals surface area contributed by atoms with E-state index in [4.69, 9.17) is 1.37 Å². The van der Waals surface area contributed by atoms with Crippen molar-refractivity contribution in [1.82, 2.24) is 0 Å². The van der Waals surface area contributed by atoms with Crippen LogP contribution in [-0.4, -0.2) is 4.92 Å². The van der Waals surface area contributed by atoms with Gasteiger partial charge in [-0.05, 0) is 36.1 Å². The molecule has 1 aromatic carbocycles. The summed E-state index contributed by atoms with van der Waals surface area (Å²) in [5.41, 5.74) is 3.59. The monoisotopic (exact) mass is 444 g/mol. The van der Waals surface area contributed by atoms with Crippen molar-refractivity contribution < 1.29 is 48.1 Å². The van der Waals surface area contributed by atoms with Gasteiger partial charge in [0.25, 0.3) is 0 Å². The summed E-state index contributed by atoms with van der Waals surface area (Å²) in [6.45, 7) is 4.07. The molecule has 0 saturated heterocycles. The van der Waals surface area contributed by atoms with Gasteiger partial charge in [0.15, 0.2) is 12.4 Å². The molecule has 133 valence electrons. The fraction of sp³-hybridized carbons (Fsp3) is 0.0909. The van der Waals surface area contributed by atoms with Crippen LogP contribution < -0.4 is 9.13 Å². The van der Waals surface area contributed by atoms with E-state index in [1.54, 1.807) is 0 Å². The number of hydrogen-bond donors (Lipinski definition) is 0. The second kappa shape index (κ2) is 6.54. The van der Waals surface area contributed by atoms with Gasteiger partial charge in [-0.2, -0.15) is 10.6 Å². The Kier molecular flexibility index (Phi) is 4.11. The van der Waals surface area contributed by atoms with Crippen molar-refractivity contribution in [2.24, 2.45) is 0 Å². The molecule has 1 radical (unpaired) electrons. The number of benzene rings is 1. The molecule has 1 unspecified atom stereocenters. The van der Waals surface area contributed by atoms with Crippen LogP contribution in [0, 0.1) is 29.7 Å². The van der Waals surface area contributed by atoms with E-state index in [-0.39, 0.29) is 38.4 Å². The largest absolute Gasteiger partial charge is 0.339 e. The average molecular weight is 444 g/mol. The van der Waals surface area contributed by atoms with Crippen LogP contribution in [0.4, 0.5) is 0 Å². The van der Waals surface area contributed by atoms with E-state index >= 15 is 0 Å². The second-order valence-corrected chi connectivity index (χ2v) is 6.74. The summed E-state index contributed by atoms with van der Waals surface area (Å²) < 4.78 is 11.6. The predicted octanol–water partition coefficient (Wildman–Crippen LogP) is 2.48. The third-order valence-electron chi connectivity index (χ3n) is 5.26.